The predicted molar refractivity (Wildman–Crippen MR) is 70.6 cm³/mol. The highest BCUT2D eigenvalue weighted by Gasteiger charge is 2.17. The van der Waals surface area contributed by atoms with Crippen LogP contribution in [0.1, 0.15) is 16.8 Å². The number of nitrogens with zero attached hydrogens (tertiary/aromatic N) is 4. The molecule has 0 saturated carbocycles. The van der Waals surface area contributed by atoms with Crippen molar-refractivity contribution in [3.8, 4) is 17.7 Å². The maximum atomic E-state index is 10.7. The van der Waals surface area contributed by atoms with Gasteiger partial charge in [0.15, 0.2) is 0 Å². The molecule has 0 unspecified atom stereocenters. The van der Waals surface area contributed by atoms with Crippen LogP contribution in [0.3, 0.4) is 0 Å². The Hall–Kier alpha value is -2.88. The summed E-state index contributed by atoms with van der Waals surface area (Å²) in [6, 6.07) is 6.33. The molecular formula is C13H12N4O3. The molecular weight excluding hydrogens is 260 g/mol. The van der Waals surface area contributed by atoms with Crippen LogP contribution >= 0.6 is 0 Å². The van der Waals surface area contributed by atoms with Crippen LogP contribution in [-0.4, -0.2) is 14.7 Å². The first-order valence-electron chi connectivity index (χ1n) is 5.80. The topological polar surface area (TPSA) is 94.0 Å². The van der Waals surface area contributed by atoms with Gasteiger partial charge in [-0.25, -0.2) is 4.68 Å². The molecule has 7 nitrogen and oxygen atoms in total. The third-order valence-electron chi connectivity index (χ3n) is 2.86. The van der Waals surface area contributed by atoms with Crippen LogP contribution in [0.5, 0.6) is 11.6 Å². The molecule has 0 N–H and O–H groups in total. The number of hydrogen-bond acceptors (Lipinski definition) is 5. The number of hydrogen-bond donors (Lipinski definition) is 0. The maximum absolute atomic E-state index is 10.7. The van der Waals surface area contributed by atoms with Gasteiger partial charge in [-0.3, -0.25) is 10.1 Å². The van der Waals surface area contributed by atoms with Gasteiger partial charge in [0.25, 0.3) is 5.69 Å². The van der Waals surface area contributed by atoms with E-state index in [2.05, 4.69) is 5.10 Å². The molecule has 7 heteroatoms. The van der Waals surface area contributed by atoms with Gasteiger partial charge in [0.1, 0.15) is 17.4 Å². The number of nitro benzene ring substituents is 1. The fraction of sp³-hybridized carbons (Fsp3) is 0.231. The summed E-state index contributed by atoms with van der Waals surface area (Å²) in [5.41, 5.74) is 1.54. The molecule has 1 heterocycles. The summed E-state index contributed by atoms with van der Waals surface area (Å²) in [7, 11) is 1.67. The molecule has 0 aliphatic heterocycles. The monoisotopic (exact) mass is 272 g/mol. The van der Waals surface area contributed by atoms with E-state index in [1.54, 1.807) is 20.9 Å². The largest absolute Gasteiger partial charge is 0.438 e. The van der Waals surface area contributed by atoms with E-state index < -0.39 is 4.92 Å². The molecule has 0 aliphatic carbocycles. The summed E-state index contributed by atoms with van der Waals surface area (Å²) in [5.74, 6) is 0.775. The first-order chi connectivity index (χ1) is 9.43. The average Bonchev–Trinajstić information content (AvgIpc) is 2.65. The molecule has 0 bridgehead atoms. The summed E-state index contributed by atoms with van der Waals surface area (Å²) in [6.07, 6.45) is 0. The van der Waals surface area contributed by atoms with Crippen molar-refractivity contribution in [1.82, 2.24) is 9.78 Å². The average molecular weight is 272 g/mol. The fourth-order valence-electron chi connectivity index (χ4n) is 1.85. The molecule has 102 valence electrons. The molecule has 2 aromatic rings. The van der Waals surface area contributed by atoms with E-state index in [1.807, 2.05) is 6.07 Å². The standard InChI is InChI=1S/C13H12N4O3/c1-8-6-10(17(18)19)4-5-12(8)20-13-11(7-14)9(2)15-16(13)3/h4-6H,1-3H3. The zero-order valence-corrected chi connectivity index (χ0v) is 11.2. The Morgan fingerprint density at radius 3 is 2.70 bits per heavy atom. The van der Waals surface area contributed by atoms with Crippen LogP contribution in [0.25, 0.3) is 0 Å². The van der Waals surface area contributed by atoms with E-state index in [9.17, 15) is 10.1 Å². The van der Waals surface area contributed by atoms with Crippen molar-refractivity contribution in [2.75, 3.05) is 0 Å². The van der Waals surface area contributed by atoms with Crippen molar-refractivity contribution in [3.05, 3.63) is 45.1 Å². The Balaban J connectivity index is 2.41. The summed E-state index contributed by atoms with van der Waals surface area (Å²) >= 11 is 0. The second-order valence-electron chi connectivity index (χ2n) is 4.31. The molecule has 0 spiro atoms. The van der Waals surface area contributed by atoms with Crippen LogP contribution < -0.4 is 4.74 Å². The Kier molecular flexibility index (Phi) is 3.39. The number of non-ortho nitro benzene ring substituents is 1. The molecule has 0 amide bonds. The van der Waals surface area contributed by atoms with E-state index >= 15 is 0 Å². The van der Waals surface area contributed by atoms with Crippen molar-refractivity contribution in [2.24, 2.45) is 7.05 Å². The number of benzene rings is 1. The van der Waals surface area contributed by atoms with E-state index in [-0.39, 0.29) is 5.69 Å². The first kappa shape index (κ1) is 13.5. The van der Waals surface area contributed by atoms with Crippen molar-refractivity contribution in [3.63, 3.8) is 0 Å². The first-order valence-corrected chi connectivity index (χ1v) is 5.80. The van der Waals surface area contributed by atoms with Crippen molar-refractivity contribution in [1.29, 1.82) is 5.26 Å². The predicted octanol–water partition coefficient (Wildman–Crippen LogP) is 2.61. The van der Waals surface area contributed by atoms with Crippen LogP contribution in [0.4, 0.5) is 5.69 Å². The lowest BCUT2D eigenvalue weighted by molar-refractivity contribution is -0.384. The number of aryl methyl sites for hydroxylation is 3. The van der Waals surface area contributed by atoms with E-state index in [4.69, 9.17) is 10.00 Å². The third kappa shape index (κ3) is 2.31. The van der Waals surface area contributed by atoms with Crippen LogP contribution in [0.15, 0.2) is 18.2 Å². The number of rotatable bonds is 3. The van der Waals surface area contributed by atoms with Crippen LogP contribution in [-0.2, 0) is 7.05 Å². The maximum Gasteiger partial charge on any atom is 0.269 e. The Bertz CT molecular complexity index is 728. The lowest BCUT2D eigenvalue weighted by Gasteiger charge is -2.08. The molecule has 0 radical (unpaired) electrons. The smallest absolute Gasteiger partial charge is 0.269 e. The normalized spacial score (nSPS) is 10.1. The summed E-state index contributed by atoms with van der Waals surface area (Å²) in [4.78, 5) is 10.2. The quantitative estimate of drug-likeness (QED) is 0.632. The summed E-state index contributed by atoms with van der Waals surface area (Å²) < 4.78 is 7.14. The lowest BCUT2D eigenvalue weighted by Crippen LogP contribution is -1.98. The van der Waals surface area contributed by atoms with Crippen molar-refractivity contribution in [2.45, 2.75) is 13.8 Å². The number of aromatic nitrogens is 2. The van der Waals surface area contributed by atoms with Crippen LogP contribution in [0.2, 0.25) is 0 Å². The minimum Gasteiger partial charge on any atom is -0.438 e. The molecule has 1 aromatic carbocycles. The van der Waals surface area contributed by atoms with Gasteiger partial charge in [-0.15, -0.1) is 0 Å². The number of nitriles is 1. The lowest BCUT2D eigenvalue weighted by atomic mass is 10.2. The minimum atomic E-state index is -0.467. The van der Waals surface area contributed by atoms with Crippen LogP contribution in [0, 0.1) is 35.3 Å². The Morgan fingerprint density at radius 1 is 1.45 bits per heavy atom. The fourth-order valence-corrected chi connectivity index (χ4v) is 1.85. The second-order valence-corrected chi connectivity index (χ2v) is 4.31. The van der Waals surface area contributed by atoms with Gasteiger partial charge in [-0.1, -0.05) is 0 Å². The third-order valence-corrected chi connectivity index (χ3v) is 2.86. The Morgan fingerprint density at radius 2 is 2.15 bits per heavy atom. The van der Waals surface area contributed by atoms with Crippen molar-refractivity contribution < 1.29 is 9.66 Å². The van der Waals surface area contributed by atoms with Gasteiger partial charge < -0.3 is 4.74 Å². The zero-order chi connectivity index (χ0) is 14.9. The second kappa shape index (κ2) is 5.01. The Labute approximate surface area is 115 Å². The van der Waals surface area contributed by atoms with Gasteiger partial charge in [0.05, 0.1) is 10.6 Å². The SMILES string of the molecule is Cc1cc([N+](=O)[O-])ccc1Oc1c(C#N)c(C)nn1C. The zero-order valence-electron chi connectivity index (χ0n) is 11.2. The van der Waals surface area contributed by atoms with Gasteiger partial charge in [-0.2, -0.15) is 10.4 Å². The molecule has 0 saturated heterocycles. The van der Waals surface area contributed by atoms with E-state index in [0.29, 0.717) is 28.5 Å². The van der Waals surface area contributed by atoms with Crippen molar-refractivity contribution >= 4 is 5.69 Å². The van der Waals surface area contributed by atoms with Gasteiger partial charge >= 0.3 is 0 Å². The highest BCUT2D eigenvalue weighted by atomic mass is 16.6. The van der Waals surface area contributed by atoms with Gasteiger partial charge in [0.2, 0.25) is 5.88 Å². The summed E-state index contributed by atoms with van der Waals surface area (Å²) in [5, 5.41) is 23.9. The molecule has 20 heavy (non-hydrogen) atoms. The van der Waals surface area contributed by atoms with Gasteiger partial charge in [0, 0.05) is 19.2 Å². The number of ether oxygens (including phenoxy) is 1. The van der Waals surface area contributed by atoms with E-state index in [0.717, 1.165) is 0 Å². The molecule has 0 aliphatic rings. The highest BCUT2D eigenvalue weighted by Crippen LogP contribution is 2.30. The molecule has 2 rings (SSSR count). The number of nitro groups is 1. The van der Waals surface area contributed by atoms with E-state index in [1.165, 1.54) is 22.9 Å². The minimum absolute atomic E-state index is 0.00320. The molecule has 1 aromatic heterocycles. The molecule has 0 atom stereocenters. The molecule has 0 fully saturated rings. The highest BCUT2D eigenvalue weighted by molar-refractivity contribution is 5.48. The van der Waals surface area contributed by atoms with Gasteiger partial charge in [-0.05, 0) is 25.5 Å². The summed E-state index contributed by atoms with van der Waals surface area (Å²) in [6.45, 7) is 3.42.